The maximum Gasteiger partial charge on any atom is 0.304 e. The van der Waals surface area contributed by atoms with E-state index in [9.17, 15) is 9.59 Å². The van der Waals surface area contributed by atoms with Gasteiger partial charge in [0, 0.05) is 0 Å². The zero-order valence-electron chi connectivity index (χ0n) is 8.01. The third-order valence-corrected chi connectivity index (χ3v) is 2.04. The van der Waals surface area contributed by atoms with E-state index in [1.165, 1.54) is 0 Å². The predicted octanol–water partition coefficient (Wildman–Crippen LogP) is 0.235. The highest BCUT2D eigenvalue weighted by Gasteiger charge is 2.22. The normalized spacial score (nSPS) is 11.8. The molecule has 15 heavy (non-hydrogen) atoms. The van der Waals surface area contributed by atoms with Crippen LogP contribution in [-0.2, 0) is 9.59 Å². The fourth-order valence-electron chi connectivity index (χ4n) is 1.32. The molecule has 1 atom stereocenters. The molecule has 1 aromatic carbocycles. The average Bonchev–Trinajstić information content (AvgIpc) is 2.26. The smallest absolute Gasteiger partial charge is 0.304 e. The molecule has 1 aromatic rings. The van der Waals surface area contributed by atoms with Crippen LogP contribution < -0.4 is 11.3 Å². The summed E-state index contributed by atoms with van der Waals surface area (Å²) in [5.41, 5.74) is 2.61. The highest BCUT2D eigenvalue weighted by molar-refractivity contribution is 5.87. The number of rotatable bonds is 4. The minimum absolute atomic E-state index is 0.271. The first-order valence-electron chi connectivity index (χ1n) is 4.42. The van der Waals surface area contributed by atoms with E-state index in [0.29, 0.717) is 5.56 Å². The summed E-state index contributed by atoms with van der Waals surface area (Å²) >= 11 is 0. The second-order valence-electron chi connectivity index (χ2n) is 3.07. The summed E-state index contributed by atoms with van der Waals surface area (Å²) in [7, 11) is 0. The molecular weight excluding hydrogens is 196 g/mol. The van der Waals surface area contributed by atoms with Crippen molar-refractivity contribution in [3.8, 4) is 0 Å². The van der Waals surface area contributed by atoms with Crippen LogP contribution in [0.5, 0.6) is 0 Å². The molecule has 0 aliphatic rings. The Bertz CT molecular complexity index is 351. The number of aliphatic carboxylic acids is 1. The largest absolute Gasteiger partial charge is 0.481 e. The highest BCUT2D eigenvalue weighted by Crippen LogP contribution is 2.19. The number of carboxylic acids is 1. The van der Waals surface area contributed by atoms with Gasteiger partial charge in [0.15, 0.2) is 0 Å². The van der Waals surface area contributed by atoms with Crippen LogP contribution in [-0.4, -0.2) is 17.0 Å². The quantitative estimate of drug-likeness (QED) is 0.375. The Balaban J connectivity index is 2.91. The van der Waals surface area contributed by atoms with E-state index in [1.807, 2.05) is 5.43 Å². The summed E-state index contributed by atoms with van der Waals surface area (Å²) in [6, 6.07) is 8.68. The Labute approximate surface area is 86.9 Å². The molecule has 0 radical (unpaired) electrons. The van der Waals surface area contributed by atoms with Crippen molar-refractivity contribution in [3.05, 3.63) is 35.9 Å². The van der Waals surface area contributed by atoms with E-state index in [-0.39, 0.29) is 6.42 Å². The monoisotopic (exact) mass is 208 g/mol. The second kappa shape index (κ2) is 5.11. The number of hydrogen-bond donors (Lipinski definition) is 3. The average molecular weight is 208 g/mol. The van der Waals surface area contributed by atoms with E-state index in [0.717, 1.165) is 0 Å². The van der Waals surface area contributed by atoms with Gasteiger partial charge < -0.3 is 5.11 Å². The molecule has 0 aliphatic heterocycles. The standard InChI is InChI=1S/C10H12N2O3/c11-12-10(15)8(6-9(13)14)7-4-2-1-3-5-7/h1-5,8H,6,11H2,(H,12,15)(H,13,14). The van der Waals surface area contributed by atoms with Crippen LogP contribution in [0.4, 0.5) is 0 Å². The second-order valence-corrected chi connectivity index (χ2v) is 3.07. The Morgan fingerprint density at radius 3 is 2.40 bits per heavy atom. The van der Waals surface area contributed by atoms with Crippen LogP contribution in [0.3, 0.4) is 0 Å². The lowest BCUT2D eigenvalue weighted by atomic mass is 9.95. The SMILES string of the molecule is NNC(=O)C(CC(=O)O)c1ccccc1. The van der Waals surface area contributed by atoms with Crippen LogP contribution >= 0.6 is 0 Å². The molecule has 4 N–H and O–H groups in total. The van der Waals surface area contributed by atoms with Crippen molar-refractivity contribution in [3.63, 3.8) is 0 Å². The fourth-order valence-corrected chi connectivity index (χ4v) is 1.32. The third-order valence-electron chi connectivity index (χ3n) is 2.04. The summed E-state index contributed by atoms with van der Waals surface area (Å²) in [5.74, 6) is 2.72. The van der Waals surface area contributed by atoms with Gasteiger partial charge >= 0.3 is 5.97 Å². The van der Waals surface area contributed by atoms with Crippen molar-refractivity contribution in [2.75, 3.05) is 0 Å². The molecule has 0 fully saturated rings. The molecule has 0 saturated carbocycles. The maximum absolute atomic E-state index is 11.3. The van der Waals surface area contributed by atoms with E-state index in [1.54, 1.807) is 30.3 Å². The highest BCUT2D eigenvalue weighted by atomic mass is 16.4. The lowest BCUT2D eigenvalue weighted by Gasteiger charge is -2.12. The molecule has 0 spiro atoms. The molecule has 0 heterocycles. The molecule has 0 bridgehead atoms. The summed E-state index contributed by atoms with van der Waals surface area (Å²) < 4.78 is 0. The van der Waals surface area contributed by atoms with Crippen molar-refractivity contribution in [2.45, 2.75) is 12.3 Å². The van der Waals surface area contributed by atoms with Crippen molar-refractivity contribution in [2.24, 2.45) is 5.84 Å². The molecule has 0 aromatic heterocycles. The maximum atomic E-state index is 11.3. The first kappa shape index (κ1) is 11.2. The minimum Gasteiger partial charge on any atom is -0.481 e. The van der Waals surface area contributed by atoms with Gasteiger partial charge in [-0.15, -0.1) is 0 Å². The van der Waals surface area contributed by atoms with E-state index in [2.05, 4.69) is 0 Å². The van der Waals surface area contributed by atoms with E-state index in [4.69, 9.17) is 10.9 Å². The summed E-state index contributed by atoms with van der Waals surface area (Å²) in [5, 5.41) is 8.67. The van der Waals surface area contributed by atoms with Crippen molar-refractivity contribution in [1.82, 2.24) is 5.43 Å². The van der Waals surface area contributed by atoms with Gasteiger partial charge in [-0.3, -0.25) is 15.0 Å². The van der Waals surface area contributed by atoms with E-state index < -0.39 is 17.8 Å². The number of hydrogen-bond acceptors (Lipinski definition) is 3. The zero-order chi connectivity index (χ0) is 11.3. The van der Waals surface area contributed by atoms with Gasteiger partial charge in [-0.05, 0) is 5.56 Å². The van der Waals surface area contributed by atoms with Crippen LogP contribution in [0.25, 0.3) is 0 Å². The fraction of sp³-hybridized carbons (Fsp3) is 0.200. The third kappa shape index (κ3) is 3.07. The van der Waals surface area contributed by atoms with Gasteiger partial charge in [-0.2, -0.15) is 0 Å². The predicted molar refractivity (Wildman–Crippen MR) is 53.8 cm³/mol. The molecule has 0 aliphatic carbocycles. The lowest BCUT2D eigenvalue weighted by Crippen LogP contribution is -2.35. The van der Waals surface area contributed by atoms with Crippen molar-refractivity contribution >= 4 is 11.9 Å². The van der Waals surface area contributed by atoms with Gasteiger partial charge in [0.1, 0.15) is 0 Å². The van der Waals surface area contributed by atoms with Crippen molar-refractivity contribution in [1.29, 1.82) is 0 Å². The number of nitrogens with one attached hydrogen (secondary N) is 1. The molecule has 1 unspecified atom stereocenters. The first-order chi connectivity index (χ1) is 7.15. The molecule has 5 heteroatoms. The Morgan fingerprint density at radius 1 is 1.33 bits per heavy atom. The summed E-state index contributed by atoms with van der Waals surface area (Å²) in [4.78, 5) is 21.9. The number of carbonyl (C=O) groups excluding carboxylic acids is 1. The minimum atomic E-state index is -1.03. The van der Waals surface area contributed by atoms with Gasteiger partial charge in [0.25, 0.3) is 0 Å². The molecular formula is C10H12N2O3. The molecule has 1 amide bonds. The van der Waals surface area contributed by atoms with Crippen LogP contribution in [0.1, 0.15) is 17.9 Å². The van der Waals surface area contributed by atoms with E-state index >= 15 is 0 Å². The van der Waals surface area contributed by atoms with Crippen LogP contribution in [0, 0.1) is 0 Å². The van der Waals surface area contributed by atoms with Gasteiger partial charge in [0.2, 0.25) is 5.91 Å². The lowest BCUT2D eigenvalue weighted by molar-refractivity contribution is -0.139. The summed E-state index contributed by atoms with van der Waals surface area (Å²) in [6.07, 6.45) is -0.271. The number of benzene rings is 1. The number of nitrogens with two attached hydrogens (primary N) is 1. The summed E-state index contributed by atoms with van der Waals surface area (Å²) in [6.45, 7) is 0. The van der Waals surface area contributed by atoms with Gasteiger partial charge in [-0.25, -0.2) is 5.84 Å². The number of carbonyl (C=O) groups is 2. The van der Waals surface area contributed by atoms with Crippen LogP contribution in [0.15, 0.2) is 30.3 Å². The molecule has 80 valence electrons. The van der Waals surface area contributed by atoms with Crippen LogP contribution in [0.2, 0.25) is 0 Å². The van der Waals surface area contributed by atoms with Gasteiger partial charge in [0.05, 0.1) is 12.3 Å². The van der Waals surface area contributed by atoms with Gasteiger partial charge in [-0.1, -0.05) is 30.3 Å². The van der Waals surface area contributed by atoms with Crippen molar-refractivity contribution < 1.29 is 14.7 Å². The molecule has 1 rings (SSSR count). The Morgan fingerprint density at radius 2 is 1.93 bits per heavy atom. The Hall–Kier alpha value is -1.88. The molecule has 0 saturated heterocycles. The first-order valence-corrected chi connectivity index (χ1v) is 4.42. The topological polar surface area (TPSA) is 92.4 Å². The molecule has 5 nitrogen and oxygen atoms in total. The number of amides is 1. The number of carboxylic acid groups (broad SMARTS) is 1. The number of hydrazine groups is 1. The zero-order valence-corrected chi connectivity index (χ0v) is 8.01. The Kier molecular flexibility index (Phi) is 3.82.